The summed E-state index contributed by atoms with van der Waals surface area (Å²) in [5, 5.41) is 48.2. The molecule has 1 saturated carbocycles. The molecule has 0 aromatic carbocycles. The highest BCUT2D eigenvalue weighted by Gasteiger charge is 2.70. The molecule has 0 aromatic rings. The van der Waals surface area contributed by atoms with Gasteiger partial charge in [-0.1, -0.05) is 0 Å². The molecule has 0 amide bonds. The van der Waals surface area contributed by atoms with E-state index >= 15 is 0 Å². The Labute approximate surface area is 105 Å². The summed E-state index contributed by atoms with van der Waals surface area (Å²) in [6.45, 7) is -0.519. The zero-order valence-electron chi connectivity index (χ0n) is 10.1. The van der Waals surface area contributed by atoms with Crippen molar-refractivity contribution in [2.45, 2.75) is 30.7 Å². The van der Waals surface area contributed by atoms with Crippen LogP contribution in [0.5, 0.6) is 0 Å². The number of methoxy groups -OCH3 is 1. The van der Waals surface area contributed by atoms with Gasteiger partial charge in [-0.15, -0.1) is 0 Å². The maximum atomic E-state index is 10.3. The van der Waals surface area contributed by atoms with Crippen LogP contribution in [-0.2, 0) is 9.47 Å². The lowest BCUT2D eigenvalue weighted by molar-refractivity contribution is -0.434. The van der Waals surface area contributed by atoms with Crippen molar-refractivity contribution >= 4 is 0 Å². The number of aliphatic hydroxyl groups is 5. The van der Waals surface area contributed by atoms with Gasteiger partial charge in [-0.2, -0.15) is 0 Å². The van der Waals surface area contributed by atoms with E-state index in [2.05, 4.69) is 0 Å². The molecule has 2 rings (SSSR count). The number of ether oxygens (including phenoxy) is 2. The van der Waals surface area contributed by atoms with Crippen molar-refractivity contribution in [3.63, 3.8) is 0 Å². The summed E-state index contributed by atoms with van der Waals surface area (Å²) in [6.07, 6.45) is -2.89. The Balaban J connectivity index is 2.12. The molecule has 1 saturated heterocycles. The fourth-order valence-electron chi connectivity index (χ4n) is 2.96. The number of rotatable bonds is 5. The second-order valence-electron chi connectivity index (χ2n) is 5.05. The van der Waals surface area contributed by atoms with Crippen molar-refractivity contribution in [3.05, 3.63) is 0 Å². The summed E-state index contributed by atoms with van der Waals surface area (Å²) in [6, 6.07) is 0. The monoisotopic (exact) mass is 264 g/mol. The van der Waals surface area contributed by atoms with Crippen LogP contribution in [0.1, 0.15) is 6.42 Å². The molecule has 1 aliphatic carbocycles. The summed E-state index contributed by atoms with van der Waals surface area (Å²) < 4.78 is 10.1. The average Bonchev–Trinajstić information content (AvgIpc) is 2.48. The quantitative estimate of drug-likeness (QED) is 0.376. The lowest BCUT2D eigenvalue weighted by Crippen LogP contribution is -2.63. The van der Waals surface area contributed by atoms with Crippen molar-refractivity contribution < 1.29 is 35.0 Å². The molecule has 1 heterocycles. The van der Waals surface area contributed by atoms with Gasteiger partial charge in [0.15, 0.2) is 12.1 Å². The van der Waals surface area contributed by atoms with E-state index in [-0.39, 0.29) is 19.6 Å². The van der Waals surface area contributed by atoms with Crippen molar-refractivity contribution in [1.29, 1.82) is 0 Å². The van der Waals surface area contributed by atoms with Crippen LogP contribution in [0.4, 0.5) is 0 Å². The van der Waals surface area contributed by atoms with Gasteiger partial charge in [-0.3, -0.25) is 0 Å². The van der Waals surface area contributed by atoms with E-state index in [0.717, 1.165) is 0 Å². The Hall–Kier alpha value is -0.280. The largest absolute Gasteiger partial charge is 0.396 e. The minimum atomic E-state index is -1.65. The first kappa shape index (κ1) is 14.1. The van der Waals surface area contributed by atoms with Gasteiger partial charge in [0, 0.05) is 32.2 Å². The zero-order chi connectivity index (χ0) is 13.5. The summed E-state index contributed by atoms with van der Waals surface area (Å²) in [5.41, 5.74) is 0. The van der Waals surface area contributed by atoms with Crippen LogP contribution in [0, 0.1) is 17.8 Å². The molecule has 0 spiro atoms. The number of fused-ring (bicyclic) bond motifs is 1. The van der Waals surface area contributed by atoms with Crippen LogP contribution in [-0.4, -0.2) is 70.1 Å². The van der Waals surface area contributed by atoms with Crippen LogP contribution < -0.4 is 0 Å². The third kappa shape index (κ3) is 1.87. The minimum absolute atomic E-state index is 0.161. The predicted molar refractivity (Wildman–Crippen MR) is 58.1 cm³/mol. The van der Waals surface area contributed by atoms with E-state index in [4.69, 9.17) is 19.7 Å². The van der Waals surface area contributed by atoms with Gasteiger partial charge in [0.05, 0.1) is 18.1 Å². The first-order valence-electron chi connectivity index (χ1n) is 6.00. The Bertz CT molecular complexity index is 295. The normalized spacial score (nSPS) is 47.2. The standard InChI is InChI=1S/C11H20O7/c1-17-10-7-9(15)8(14)6(11(7,16)18-10)2-5(3-12)4-13/h5-10,12-16H,2-4H2,1H3/t6?,7?,8-,9?,10+,11?/m1/s1. The molecule has 2 fully saturated rings. The topological polar surface area (TPSA) is 120 Å². The Morgan fingerprint density at radius 2 is 1.83 bits per heavy atom. The summed E-state index contributed by atoms with van der Waals surface area (Å²) in [4.78, 5) is 0. The molecule has 0 aromatic heterocycles. The van der Waals surface area contributed by atoms with Gasteiger partial charge in [0.25, 0.3) is 0 Å². The fourth-order valence-corrected chi connectivity index (χ4v) is 2.96. The molecule has 0 radical (unpaired) electrons. The summed E-state index contributed by atoms with van der Waals surface area (Å²) in [5.74, 6) is -3.58. The van der Waals surface area contributed by atoms with E-state index in [1.54, 1.807) is 0 Å². The van der Waals surface area contributed by atoms with Gasteiger partial charge in [-0.25, -0.2) is 0 Å². The third-order valence-electron chi connectivity index (χ3n) is 4.07. The van der Waals surface area contributed by atoms with Gasteiger partial charge < -0.3 is 35.0 Å². The molecule has 7 nitrogen and oxygen atoms in total. The fraction of sp³-hybridized carbons (Fsp3) is 1.00. The predicted octanol–water partition coefficient (Wildman–Crippen LogP) is -2.36. The zero-order valence-corrected chi connectivity index (χ0v) is 10.1. The summed E-state index contributed by atoms with van der Waals surface area (Å²) in [7, 11) is 1.39. The van der Waals surface area contributed by atoms with E-state index in [1.807, 2.05) is 0 Å². The Morgan fingerprint density at radius 3 is 2.33 bits per heavy atom. The molecule has 5 N–H and O–H groups in total. The lowest BCUT2D eigenvalue weighted by atomic mass is 9.84. The molecule has 6 atom stereocenters. The highest BCUT2D eigenvalue weighted by Crippen LogP contribution is 2.54. The number of hydrogen-bond donors (Lipinski definition) is 5. The molecule has 1 aliphatic heterocycles. The maximum absolute atomic E-state index is 10.3. The van der Waals surface area contributed by atoms with Gasteiger partial charge >= 0.3 is 0 Å². The van der Waals surface area contributed by atoms with Crippen molar-refractivity contribution in [1.82, 2.24) is 0 Å². The Morgan fingerprint density at radius 1 is 1.22 bits per heavy atom. The third-order valence-corrected chi connectivity index (χ3v) is 4.07. The first-order chi connectivity index (χ1) is 8.49. The van der Waals surface area contributed by atoms with Gasteiger partial charge in [-0.05, 0) is 6.42 Å². The van der Waals surface area contributed by atoms with Crippen LogP contribution >= 0.6 is 0 Å². The first-order valence-corrected chi connectivity index (χ1v) is 6.00. The summed E-state index contributed by atoms with van der Waals surface area (Å²) >= 11 is 0. The van der Waals surface area contributed by atoms with Crippen LogP contribution in [0.15, 0.2) is 0 Å². The van der Waals surface area contributed by atoms with Crippen LogP contribution in [0.25, 0.3) is 0 Å². The average molecular weight is 264 g/mol. The second-order valence-corrected chi connectivity index (χ2v) is 5.05. The SMILES string of the molecule is CO[C@H]1OC2(O)C1C(O)[C@H](O)C2CC(CO)CO. The van der Waals surface area contributed by atoms with Gasteiger partial charge in [0.1, 0.15) is 0 Å². The molecule has 18 heavy (non-hydrogen) atoms. The maximum Gasteiger partial charge on any atom is 0.184 e. The van der Waals surface area contributed by atoms with Crippen LogP contribution in [0.2, 0.25) is 0 Å². The molecule has 106 valence electrons. The van der Waals surface area contributed by atoms with E-state index in [9.17, 15) is 15.3 Å². The van der Waals surface area contributed by atoms with E-state index in [0.29, 0.717) is 0 Å². The van der Waals surface area contributed by atoms with Crippen LogP contribution in [0.3, 0.4) is 0 Å². The number of hydrogen-bond acceptors (Lipinski definition) is 7. The molecule has 2 aliphatic rings. The smallest absolute Gasteiger partial charge is 0.184 e. The van der Waals surface area contributed by atoms with E-state index in [1.165, 1.54) is 7.11 Å². The highest BCUT2D eigenvalue weighted by atomic mass is 16.8. The second kappa shape index (κ2) is 5.01. The lowest BCUT2D eigenvalue weighted by Gasteiger charge is -2.49. The number of aliphatic hydroxyl groups excluding tert-OH is 4. The molecular weight excluding hydrogens is 244 g/mol. The van der Waals surface area contributed by atoms with Crippen molar-refractivity contribution in [2.24, 2.45) is 17.8 Å². The molecule has 7 heteroatoms. The van der Waals surface area contributed by atoms with Crippen molar-refractivity contribution in [2.75, 3.05) is 20.3 Å². The van der Waals surface area contributed by atoms with E-state index < -0.39 is 42.0 Å². The highest BCUT2D eigenvalue weighted by molar-refractivity contribution is 5.10. The molecule has 0 bridgehead atoms. The molecular formula is C11H20O7. The van der Waals surface area contributed by atoms with Crippen molar-refractivity contribution in [3.8, 4) is 0 Å². The Kier molecular flexibility index (Phi) is 3.93. The minimum Gasteiger partial charge on any atom is -0.396 e. The molecule has 4 unspecified atom stereocenters. The van der Waals surface area contributed by atoms with Gasteiger partial charge in [0.2, 0.25) is 0 Å².